The van der Waals surface area contributed by atoms with Crippen molar-refractivity contribution < 1.29 is 18.9 Å². The monoisotopic (exact) mass is 317 g/mol. The number of carboxylic acid groups (broad SMARTS) is 1. The molecular formula is C13H16ClNO4S. The fourth-order valence-corrected chi connectivity index (χ4v) is 2.56. The van der Waals surface area contributed by atoms with E-state index in [1.165, 1.54) is 18.2 Å². The number of benzene rings is 1. The van der Waals surface area contributed by atoms with Crippen molar-refractivity contribution in [3.05, 3.63) is 28.8 Å². The highest BCUT2D eigenvalue weighted by atomic mass is 35.5. The van der Waals surface area contributed by atoms with E-state index in [4.69, 9.17) is 16.7 Å². The molecule has 7 heteroatoms. The van der Waals surface area contributed by atoms with Gasteiger partial charge in [-0.1, -0.05) is 25.4 Å². The zero-order valence-corrected chi connectivity index (χ0v) is 12.8. The summed E-state index contributed by atoms with van der Waals surface area (Å²) in [5, 5.41) is 11.7. The van der Waals surface area contributed by atoms with Gasteiger partial charge in [0.2, 0.25) is 5.91 Å². The number of carboxylic acids is 1. The highest BCUT2D eigenvalue weighted by Crippen LogP contribution is 2.19. The molecule has 0 aromatic heterocycles. The molecule has 0 aliphatic rings. The quantitative estimate of drug-likeness (QED) is 0.839. The fraction of sp³-hybridized carbons (Fsp3) is 0.385. The van der Waals surface area contributed by atoms with Crippen LogP contribution in [0.1, 0.15) is 24.2 Å². The first-order valence-electron chi connectivity index (χ1n) is 5.99. The van der Waals surface area contributed by atoms with Crippen LogP contribution in [0.3, 0.4) is 0 Å². The van der Waals surface area contributed by atoms with Gasteiger partial charge in [-0.3, -0.25) is 9.00 Å². The Labute approximate surface area is 124 Å². The minimum atomic E-state index is -1.60. The summed E-state index contributed by atoms with van der Waals surface area (Å²) in [6, 6.07) is 4.06. The molecule has 0 fully saturated rings. The second-order valence-corrected chi connectivity index (χ2v) is 6.49. The molecule has 0 saturated heterocycles. The largest absolute Gasteiger partial charge is 0.478 e. The van der Waals surface area contributed by atoms with Gasteiger partial charge in [-0.15, -0.1) is 0 Å². The van der Waals surface area contributed by atoms with Gasteiger partial charge in [-0.25, -0.2) is 4.79 Å². The molecule has 1 unspecified atom stereocenters. The first-order valence-corrected chi connectivity index (χ1v) is 7.69. The summed E-state index contributed by atoms with van der Waals surface area (Å²) in [4.78, 5) is 22.8. The van der Waals surface area contributed by atoms with Crippen LogP contribution in [0.15, 0.2) is 23.1 Å². The van der Waals surface area contributed by atoms with Crippen molar-refractivity contribution in [1.82, 2.24) is 5.32 Å². The number of hydrogen-bond acceptors (Lipinski definition) is 3. The van der Waals surface area contributed by atoms with Crippen molar-refractivity contribution in [3.8, 4) is 0 Å². The Balaban J connectivity index is 2.75. The van der Waals surface area contributed by atoms with Crippen molar-refractivity contribution in [3.63, 3.8) is 0 Å². The first-order chi connectivity index (χ1) is 9.31. The van der Waals surface area contributed by atoms with Gasteiger partial charge < -0.3 is 10.4 Å². The maximum atomic E-state index is 12.0. The summed E-state index contributed by atoms with van der Waals surface area (Å²) in [6.07, 6.45) is 0. The Morgan fingerprint density at radius 3 is 2.60 bits per heavy atom. The van der Waals surface area contributed by atoms with E-state index in [9.17, 15) is 13.8 Å². The third kappa shape index (κ3) is 4.94. The second kappa shape index (κ2) is 7.40. The van der Waals surface area contributed by atoms with Gasteiger partial charge in [0.25, 0.3) is 0 Å². The van der Waals surface area contributed by atoms with Crippen LogP contribution in [-0.4, -0.2) is 33.5 Å². The minimum Gasteiger partial charge on any atom is -0.478 e. The predicted octanol–water partition coefficient (Wildman–Crippen LogP) is 1.92. The molecule has 0 aliphatic carbocycles. The van der Waals surface area contributed by atoms with Crippen LogP contribution in [0.4, 0.5) is 0 Å². The van der Waals surface area contributed by atoms with Crippen LogP contribution in [0.5, 0.6) is 0 Å². The molecule has 2 N–H and O–H groups in total. The number of hydrogen-bond donors (Lipinski definition) is 2. The number of carbonyl (C=O) groups excluding carboxylic acids is 1. The van der Waals surface area contributed by atoms with E-state index in [1.54, 1.807) is 0 Å². The molecule has 1 aromatic carbocycles. The molecular weight excluding hydrogens is 302 g/mol. The third-order valence-electron chi connectivity index (χ3n) is 2.40. The van der Waals surface area contributed by atoms with Gasteiger partial charge in [0.15, 0.2) is 0 Å². The molecule has 1 rings (SSSR count). The average Bonchev–Trinajstić information content (AvgIpc) is 2.36. The molecule has 1 atom stereocenters. The number of rotatable bonds is 6. The zero-order valence-electron chi connectivity index (χ0n) is 11.2. The summed E-state index contributed by atoms with van der Waals surface area (Å²) < 4.78 is 12.0. The van der Waals surface area contributed by atoms with Gasteiger partial charge >= 0.3 is 5.97 Å². The Morgan fingerprint density at radius 2 is 2.05 bits per heavy atom. The highest BCUT2D eigenvalue weighted by molar-refractivity contribution is 7.85. The Bertz CT molecular complexity index is 545. The molecule has 0 radical (unpaired) electrons. The number of halogens is 1. The summed E-state index contributed by atoms with van der Waals surface area (Å²) in [7, 11) is -1.60. The van der Waals surface area contributed by atoms with Crippen molar-refractivity contribution in [2.45, 2.75) is 18.7 Å². The molecule has 0 heterocycles. The third-order valence-corrected chi connectivity index (χ3v) is 4.03. The zero-order chi connectivity index (χ0) is 15.3. The van der Waals surface area contributed by atoms with Gasteiger partial charge in [-0.05, 0) is 24.1 Å². The molecule has 0 saturated carbocycles. The normalized spacial score (nSPS) is 12.2. The van der Waals surface area contributed by atoms with Gasteiger partial charge in [-0.2, -0.15) is 0 Å². The smallest absolute Gasteiger partial charge is 0.337 e. The number of carbonyl (C=O) groups is 2. The first kappa shape index (κ1) is 16.7. The van der Waals surface area contributed by atoms with Gasteiger partial charge in [0.1, 0.15) is 5.75 Å². The van der Waals surface area contributed by atoms with Crippen LogP contribution in [0.2, 0.25) is 5.02 Å². The number of aromatic carboxylic acids is 1. The standard InChI is InChI=1S/C13H16ClNO4S/c1-8(2)6-15-12(16)7-20(19)9-3-4-11(14)10(5-9)13(17)18/h3-5,8H,6-7H2,1-2H3,(H,15,16)(H,17,18). The van der Waals surface area contributed by atoms with Gasteiger partial charge in [0, 0.05) is 11.4 Å². The van der Waals surface area contributed by atoms with Gasteiger partial charge in [0.05, 0.1) is 21.4 Å². The summed E-state index contributed by atoms with van der Waals surface area (Å²) in [6.45, 7) is 4.42. The molecule has 1 amide bonds. The van der Waals surface area contributed by atoms with Crippen LogP contribution in [0.25, 0.3) is 0 Å². The van der Waals surface area contributed by atoms with Crippen molar-refractivity contribution in [1.29, 1.82) is 0 Å². The lowest BCUT2D eigenvalue weighted by Gasteiger charge is -2.08. The molecule has 0 bridgehead atoms. The highest BCUT2D eigenvalue weighted by Gasteiger charge is 2.15. The fourth-order valence-electron chi connectivity index (χ4n) is 1.38. The lowest BCUT2D eigenvalue weighted by Crippen LogP contribution is -2.31. The van der Waals surface area contributed by atoms with E-state index in [0.29, 0.717) is 12.5 Å². The van der Waals surface area contributed by atoms with Crippen LogP contribution >= 0.6 is 11.6 Å². The lowest BCUT2D eigenvalue weighted by molar-refractivity contribution is -0.118. The maximum Gasteiger partial charge on any atom is 0.337 e. The topological polar surface area (TPSA) is 83.5 Å². The lowest BCUT2D eigenvalue weighted by atomic mass is 10.2. The van der Waals surface area contributed by atoms with E-state index in [1.807, 2.05) is 13.8 Å². The SMILES string of the molecule is CC(C)CNC(=O)CS(=O)c1ccc(Cl)c(C(=O)O)c1. The van der Waals surface area contributed by atoms with Crippen LogP contribution in [0, 0.1) is 5.92 Å². The minimum absolute atomic E-state index is 0.0718. The molecule has 0 spiro atoms. The van der Waals surface area contributed by atoms with Crippen LogP contribution < -0.4 is 5.32 Å². The Kier molecular flexibility index (Phi) is 6.16. The van der Waals surface area contributed by atoms with Crippen molar-refractivity contribution in [2.75, 3.05) is 12.3 Å². The van der Waals surface area contributed by atoms with Crippen LogP contribution in [-0.2, 0) is 15.6 Å². The van der Waals surface area contributed by atoms with E-state index in [2.05, 4.69) is 5.32 Å². The van der Waals surface area contributed by atoms with E-state index in [0.717, 1.165) is 0 Å². The molecule has 110 valence electrons. The molecule has 1 aromatic rings. The second-order valence-electron chi connectivity index (χ2n) is 4.63. The summed E-state index contributed by atoms with van der Waals surface area (Å²) in [5.41, 5.74) is -0.125. The molecule has 0 aliphatic heterocycles. The molecule has 5 nitrogen and oxygen atoms in total. The van der Waals surface area contributed by atoms with E-state index in [-0.39, 0.29) is 27.1 Å². The summed E-state index contributed by atoms with van der Waals surface area (Å²) in [5.74, 6) is -1.42. The maximum absolute atomic E-state index is 12.0. The van der Waals surface area contributed by atoms with Crippen molar-refractivity contribution in [2.24, 2.45) is 5.92 Å². The summed E-state index contributed by atoms with van der Waals surface area (Å²) >= 11 is 5.73. The average molecular weight is 318 g/mol. The van der Waals surface area contributed by atoms with Crippen molar-refractivity contribution >= 4 is 34.3 Å². The predicted molar refractivity (Wildman–Crippen MR) is 77.5 cm³/mol. The number of amides is 1. The van der Waals surface area contributed by atoms with E-state index < -0.39 is 16.8 Å². The Morgan fingerprint density at radius 1 is 1.40 bits per heavy atom. The van der Waals surface area contributed by atoms with E-state index >= 15 is 0 Å². The molecule has 20 heavy (non-hydrogen) atoms. The number of nitrogens with one attached hydrogen (secondary N) is 1. The Hall–Kier alpha value is -1.40.